The molecule has 3 heteroatoms. The van der Waals surface area contributed by atoms with Crippen LogP contribution in [0.1, 0.15) is 26.2 Å². The Labute approximate surface area is 73.6 Å². The fraction of sp³-hybridized carbons (Fsp3) is 1.00. The molecule has 0 radical (unpaired) electrons. The first-order valence-corrected chi connectivity index (χ1v) is 4.84. The number of rotatable bonds is 1. The Morgan fingerprint density at radius 3 is 2.17 bits per heavy atom. The number of ether oxygens (including phenoxy) is 2. The van der Waals surface area contributed by atoms with Gasteiger partial charge in [-0.15, -0.1) is 0 Å². The van der Waals surface area contributed by atoms with E-state index in [2.05, 4.69) is 4.90 Å². The number of hydrogen-bond donors (Lipinski definition) is 0. The number of hydrogen-bond acceptors (Lipinski definition) is 3. The Balaban J connectivity index is 1.96. The number of piperidine rings is 1. The summed E-state index contributed by atoms with van der Waals surface area (Å²) in [6, 6.07) is 0. The molecule has 0 aliphatic carbocycles. The van der Waals surface area contributed by atoms with Crippen molar-refractivity contribution in [2.24, 2.45) is 0 Å². The Kier molecular flexibility index (Phi) is 2.35. The summed E-state index contributed by atoms with van der Waals surface area (Å²) < 4.78 is 11.2. The maximum Gasteiger partial charge on any atom is 0.227 e. The summed E-state index contributed by atoms with van der Waals surface area (Å²) in [7, 11) is 0. The lowest BCUT2D eigenvalue weighted by Gasteiger charge is -2.38. The van der Waals surface area contributed by atoms with Crippen molar-refractivity contribution in [2.45, 2.75) is 32.1 Å². The third-order valence-corrected chi connectivity index (χ3v) is 2.75. The third kappa shape index (κ3) is 1.49. The van der Waals surface area contributed by atoms with Crippen LogP contribution in [-0.2, 0) is 9.47 Å². The van der Waals surface area contributed by atoms with E-state index >= 15 is 0 Å². The van der Waals surface area contributed by atoms with Crippen LogP contribution in [0, 0.1) is 0 Å². The summed E-state index contributed by atoms with van der Waals surface area (Å²) in [5.74, 6) is -0.402. The standard InChI is InChI=1S/C9H17NO2/c1-9(11-7-8-12-9)10-5-3-2-4-6-10/h2-8H2,1H3. The van der Waals surface area contributed by atoms with Gasteiger partial charge in [-0.25, -0.2) is 0 Å². The minimum Gasteiger partial charge on any atom is -0.335 e. The summed E-state index contributed by atoms with van der Waals surface area (Å²) in [6.07, 6.45) is 3.91. The molecular weight excluding hydrogens is 154 g/mol. The highest BCUT2D eigenvalue weighted by atomic mass is 16.8. The van der Waals surface area contributed by atoms with Gasteiger partial charge in [-0.2, -0.15) is 0 Å². The predicted octanol–water partition coefficient (Wildman–Crippen LogP) is 1.19. The van der Waals surface area contributed by atoms with Crippen LogP contribution in [-0.4, -0.2) is 37.1 Å². The van der Waals surface area contributed by atoms with Crippen LogP contribution in [0.5, 0.6) is 0 Å². The van der Waals surface area contributed by atoms with E-state index in [4.69, 9.17) is 9.47 Å². The summed E-state index contributed by atoms with van der Waals surface area (Å²) in [5.41, 5.74) is 0. The molecule has 2 fully saturated rings. The first-order chi connectivity index (χ1) is 5.81. The molecular formula is C9H17NO2. The van der Waals surface area contributed by atoms with Gasteiger partial charge in [0.25, 0.3) is 0 Å². The highest BCUT2D eigenvalue weighted by Gasteiger charge is 2.37. The van der Waals surface area contributed by atoms with Crippen molar-refractivity contribution in [3.8, 4) is 0 Å². The topological polar surface area (TPSA) is 21.7 Å². The van der Waals surface area contributed by atoms with Gasteiger partial charge in [0.15, 0.2) is 0 Å². The second-order valence-corrected chi connectivity index (χ2v) is 3.64. The van der Waals surface area contributed by atoms with Crippen molar-refractivity contribution in [3.05, 3.63) is 0 Å². The van der Waals surface area contributed by atoms with Gasteiger partial charge in [-0.05, 0) is 12.8 Å². The largest absolute Gasteiger partial charge is 0.335 e. The van der Waals surface area contributed by atoms with Crippen molar-refractivity contribution < 1.29 is 9.47 Å². The maximum absolute atomic E-state index is 5.58. The SMILES string of the molecule is CC1(N2CCCCC2)OCCO1. The molecule has 2 rings (SSSR count). The Hall–Kier alpha value is -0.120. The van der Waals surface area contributed by atoms with Gasteiger partial charge in [0.05, 0.1) is 13.2 Å². The van der Waals surface area contributed by atoms with Crippen molar-refractivity contribution in [2.75, 3.05) is 26.3 Å². The molecule has 0 bridgehead atoms. The van der Waals surface area contributed by atoms with E-state index in [-0.39, 0.29) is 0 Å². The average molecular weight is 171 g/mol. The molecule has 0 spiro atoms. The fourth-order valence-electron chi connectivity index (χ4n) is 1.99. The van der Waals surface area contributed by atoms with Gasteiger partial charge in [0.1, 0.15) is 0 Å². The second-order valence-electron chi connectivity index (χ2n) is 3.64. The lowest BCUT2D eigenvalue weighted by Crippen LogP contribution is -2.49. The van der Waals surface area contributed by atoms with E-state index in [0.29, 0.717) is 0 Å². The van der Waals surface area contributed by atoms with Crippen LogP contribution in [0.3, 0.4) is 0 Å². The molecule has 12 heavy (non-hydrogen) atoms. The van der Waals surface area contributed by atoms with Crippen molar-refractivity contribution in [3.63, 3.8) is 0 Å². The van der Waals surface area contributed by atoms with E-state index in [9.17, 15) is 0 Å². The molecule has 2 saturated heterocycles. The number of nitrogens with zero attached hydrogens (tertiary/aromatic N) is 1. The zero-order chi connectivity index (χ0) is 8.44. The monoisotopic (exact) mass is 171 g/mol. The molecule has 70 valence electrons. The van der Waals surface area contributed by atoms with Crippen LogP contribution in [0.25, 0.3) is 0 Å². The van der Waals surface area contributed by atoms with Gasteiger partial charge in [-0.1, -0.05) is 6.42 Å². The van der Waals surface area contributed by atoms with E-state index < -0.39 is 5.91 Å². The zero-order valence-corrected chi connectivity index (χ0v) is 7.71. The highest BCUT2D eigenvalue weighted by molar-refractivity contribution is 4.74. The van der Waals surface area contributed by atoms with Crippen LogP contribution >= 0.6 is 0 Å². The van der Waals surface area contributed by atoms with Gasteiger partial charge < -0.3 is 9.47 Å². The van der Waals surface area contributed by atoms with Crippen LogP contribution < -0.4 is 0 Å². The van der Waals surface area contributed by atoms with Crippen molar-refractivity contribution in [1.29, 1.82) is 0 Å². The lowest BCUT2D eigenvalue weighted by atomic mass is 10.1. The van der Waals surface area contributed by atoms with E-state index in [1.54, 1.807) is 0 Å². The normalized spacial score (nSPS) is 30.8. The molecule has 2 aliphatic heterocycles. The maximum atomic E-state index is 5.58. The Bertz CT molecular complexity index is 149. The first-order valence-electron chi connectivity index (χ1n) is 4.84. The molecule has 0 aromatic carbocycles. The first kappa shape index (κ1) is 8.48. The van der Waals surface area contributed by atoms with Gasteiger partial charge in [0, 0.05) is 20.0 Å². The molecule has 0 aromatic rings. The summed E-state index contributed by atoms with van der Waals surface area (Å²) in [6.45, 7) is 5.76. The summed E-state index contributed by atoms with van der Waals surface area (Å²) in [4.78, 5) is 2.31. The van der Waals surface area contributed by atoms with Crippen LogP contribution in [0.4, 0.5) is 0 Å². The summed E-state index contributed by atoms with van der Waals surface area (Å²) in [5, 5.41) is 0. The van der Waals surface area contributed by atoms with E-state index in [1.807, 2.05) is 6.92 Å². The minimum absolute atomic E-state index is 0.402. The zero-order valence-electron chi connectivity index (χ0n) is 7.71. The molecule has 0 atom stereocenters. The van der Waals surface area contributed by atoms with Gasteiger partial charge >= 0.3 is 0 Å². The molecule has 2 aliphatic rings. The van der Waals surface area contributed by atoms with E-state index in [0.717, 1.165) is 26.3 Å². The lowest BCUT2D eigenvalue weighted by molar-refractivity contribution is -0.248. The predicted molar refractivity (Wildman–Crippen MR) is 45.7 cm³/mol. The molecule has 2 heterocycles. The molecule has 0 amide bonds. The van der Waals surface area contributed by atoms with Crippen molar-refractivity contribution >= 4 is 0 Å². The minimum atomic E-state index is -0.402. The summed E-state index contributed by atoms with van der Waals surface area (Å²) >= 11 is 0. The molecule has 0 unspecified atom stereocenters. The third-order valence-electron chi connectivity index (χ3n) is 2.75. The van der Waals surface area contributed by atoms with Crippen LogP contribution in [0.15, 0.2) is 0 Å². The van der Waals surface area contributed by atoms with E-state index in [1.165, 1.54) is 19.3 Å². The number of likely N-dealkylation sites (tertiary alicyclic amines) is 1. The molecule has 0 saturated carbocycles. The van der Waals surface area contributed by atoms with Gasteiger partial charge in [0.2, 0.25) is 5.91 Å². The Morgan fingerprint density at radius 2 is 1.58 bits per heavy atom. The van der Waals surface area contributed by atoms with Crippen molar-refractivity contribution in [1.82, 2.24) is 4.90 Å². The molecule has 0 N–H and O–H groups in total. The van der Waals surface area contributed by atoms with Gasteiger partial charge in [-0.3, -0.25) is 4.90 Å². The fourth-order valence-corrected chi connectivity index (χ4v) is 1.99. The highest BCUT2D eigenvalue weighted by Crippen LogP contribution is 2.26. The average Bonchev–Trinajstić information content (AvgIpc) is 2.55. The second kappa shape index (κ2) is 3.32. The molecule has 0 aromatic heterocycles. The smallest absolute Gasteiger partial charge is 0.227 e. The van der Waals surface area contributed by atoms with Crippen LogP contribution in [0.2, 0.25) is 0 Å². The quantitative estimate of drug-likeness (QED) is 0.591. The Morgan fingerprint density at radius 1 is 1.00 bits per heavy atom. The molecule has 3 nitrogen and oxygen atoms in total.